The van der Waals surface area contributed by atoms with Gasteiger partial charge in [0.15, 0.2) is 0 Å². The van der Waals surface area contributed by atoms with Gasteiger partial charge in [0.05, 0.1) is 0 Å². The quantitative estimate of drug-likeness (QED) is 0.688. The van der Waals surface area contributed by atoms with E-state index in [1.807, 2.05) is 0 Å². The van der Waals surface area contributed by atoms with Crippen LogP contribution >= 0.6 is 0 Å². The number of nitrogens with zero attached hydrogens (tertiary/aromatic N) is 1. The number of likely N-dealkylation sites (N-methyl/N-ethyl adjacent to an activating group) is 1. The average Bonchev–Trinajstić information content (AvgIpc) is 2.37. The summed E-state index contributed by atoms with van der Waals surface area (Å²) in [7, 11) is 2.21. The Morgan fingerprint density at radius 2 is 1.79 bits per heavy atom. The van der Waals surface area contributed by atoms with Crippen LogP contribution in [0.1, 0.15) is 31.4 Å². The Hall–Kier alpha value is -0.860. The average molecular weight is 262 g/mol. The molecule has 0 saturated carbocycles. The third-order valence-electron chi connectivity index (χ3n) is 3.35. The number of nitrogens with one attached hydrogen (secondary N) is 1. The molecule has 0 atom stereocenters. The summed E-state index contributed by atoms with van der Waals surface area (Å²) in [4.78, 5) is 2.42. The van der Waals surface area contributed by atoms with Crippen molar-refractivity contribution in [2.24, 2.45) is 5.92 Å². The molecule has 0 aliphatic rings. The summed E-state index contributed by atoms with van der Waals surface area (Å²) in [5.74, 6) is 0.742. The molecule has 108 valence electrons. The summed E-state index contributed by atoms with van der Waals surface area (Å²) in [5.41, 5.74) is 2.80. The second-order valence-electron chi connectivity index (χ2n) is 5.99. The number of aryl methyl sites for hydroxylation is 2. The van der Waals surface area contributed by atoms with E-state index in [2.05, 4.69) is 62.3 Å². The summed E-state index contributed by atoms with van der Waals surface area (Å²) < 4.78 is 0. The Labute approximate surface area is 119 Å². The van der Waals surface area contributed by atoms with Gasteiger partial charge in [-0.25, -0.2) is 0 Å². The van der Waals surface area contributed by atoms with Gasteiger partial charge >= 0.3 is 0 Å². The van der Waals surface area contributed by atoms with Crippen molar-refractivity contribution < 1.29 is 0 Å². The zero-order valence-electron chi connectivity index (χ0n) is 13.1. The Kier molecular flexibility index (Phi) is 7.76. The molecule has 0 bridgehead atoms. The Morgan fingerprint density at radius 3 is 2.42 bits per heavy atom. The smallest absolute Gasteiger partial charge is 0.0104 e. The molecule has 0 fully saturated rings. The number of hydrogen-bond donors (Lipinski definition) is 1. The summed E-state index contributed by atoms with van der Waals surface area (Å²) in [6.07, 6.45) is 2.42. The van der Waals surface area contributed by atoms with Crippen LogP contribution in [0.5, 0.6) is 0 Å². The van der Waals surface area contributed by atoms with Gasteiger partial charge in [0.25, 0.3) is 0 Å². The van der Waals surface area contributed by atoms with Crippen LogP contribution in [0.15, 0.2) is 24.3 Å². The van der Waals surface area contributed by atoms with E-state index in [0.717, 1.165) is 25.6 Å². The highest BCUT2D eigenvalue weighted by molar-refractivity contribution is 5.21. The van der Waals surface area contributed by atoms with Crippen molar-refractivity contribution >= 4 is 0 Å². The lowest BCUT2D eigenvalue weighted by molar-refractivity contribution is 0.324. The Bertz CT molecular complexity index is 330. The molecule has 1 rings (SSSR count). The van der Waals surface area contributed by atoms with Gasteiger partial charge in [0, 0.05) is 13.1 Å². The third kappa shape index (κ3) is 8.02. The van der Waals surface area contributed by atoms with E-state index in [0.29, 0.717) is 0 Å². The van der Waals surface area contributed by atoms with E-state index in [1.165, 1.54) is 30.5 Å². The molecule has 0 radical (unpaired) electrons. The lowest BCUT2D eigenvalue weighted by atomic mass is 10.1. The van der Waals surface area contributed by atoms with Crippen LogP contribution in [0.3, 0.4) is 0 Å². The monoisotopic (exact) mass is 262 g/mol. The summed E-state index contributed by atoms with van der Waals surface area (Å²) in [6.45, 7) is 11.2. The van der Waals surface area contributed by atoms with E-state index in [-0.39, 0.29) is 0 Å². The van der Waals surface area contributed by atoms with Crippen molar-refractivity contribution in [1.29, 1.82) is 0 Å². The van der Waals surface area contributed by atoms with Gasteiger partial charge in [0.2, 0.25) is 0 Å². The fourth-order valence-electron chi connectivity index (χ4n) is 2.08. The molecular weight excluding hydrogens is 232 g/mol. The number of hydrogen-bond acceptors (Lipinski definition) is 2. The van der Waals surface area contributed by atoms with Crippen molar-refractivity contribution in [3.63, 3.8) is 0 Å². The van der Waals surface area contributed by atoms with Gasteiger partial charge in [0.1, 0.15) is 0 Å². The van der Waals surface area contributed by atoms with E-state index in [4.69, 9.17) is 0 Å². The lowest BCUT2D eigenvalue weighted by Gasteiger charge is -2.17. The Balaban J connectivity index is 2.06. The maximum atomic E-state index is 3.49. The van der Waals surface area contributed by atoms with Crippen LogP contribution in [0.25, 0.3) is 0 Å². The molecule has 1 N–H and O–H groups in total. The highest BCUT2D eigenvalue weighted by atomic mass is 15.1. The summed E-state index contributed by atoms with van der Waals surface area (Å²) in [6, 6.07) is 8.91. The summed E-state index contributed by atoms with van der Waals surface area (Å²) >= 11 is 0. The number of rotatable bonds is 9. The minimum absolute atomic E-state index is 0.742. The molecule has 0 spiro atoms. The van der Waals surface area contributed by atoms with Crippen molar-refractivity contribution in [3.05, 3.63) is 35.4 Å². The molecule has 0 saturated heterocycles. The minimum Gasteiger partial charge on any atom is -0.315 e. The van der Waals surface area contributed by atoms with Gasteiger partial charge in [-0.2, -0.15) is 0 Å². The molecular formula is C17H30N2. The highest BCUT2D eigenvalue weighted by Gasteiger charge is 1.99. The van der Waals surface area contributed by atoms with Crippen molar-refractivity contribution in [2.45, 2.75) is 33.6 Å². The molecule has 2 heteroatoms. The van der Waals surface area contributed by atoms with Gasteiger partial charge < -0.3 is 10.2 Å². The SMILES string of the molecule is Cc1ccc(CCCN(C)CCNCC(C)C)cc1. The maximum Gasteiger partial charge on any atom is 0.0104 e. The number of benzene rings is 1. The van der Waals surface area contributed by atoms with Crippen molar-refractivity contribution in [3.8, 4) is 0 Å². The lowest BCUT2D eigenvalue weighted by Crippen LogP contribution is -2.31. The first kappa shape index (κ1) is 16.2. The van der Waals surface area contributed by atoms with E-state index >= 15 is 0 Å². The molecule has 2 nitrogen and oxygen atoms in total. The highest BCUT2D eigenvalue weighted by Crippen LogP contribution is 2.06. The van der Waals surface area contributed by atoms with E-state index in [9.17, 15) is 0 Å². The molecule has 0 amide bonds. The molecule has 19 heavy (non-hydrogen) atoms. The van der Waals surface area contributed by atoms with Crippen LogP contribution in [-0.4, -0.2) is 38.1 Å². The molecule has 0 aromatic heterocycles. The molecule has 0 unspecified atom stereocenters. The van der Waals surface area contributed by atoms with E-state index < -0.39 is 0 Å². The minimum atomic E-state index is 0.742. The largest absolute Gasteiger partial charge is 0.315 e. The fourth-order valence-corrected chi connectivity index (χ4v) is 2.08. The molecule has 0 aliphatic heterocycles. The first-order chi connectivity index (χ1) is 9.08. The van der Waals surface area contributed by atoms with Crippen LogP contribution in [0, 0.1) is 12.8 Å². The zero-order chi connectivity index (χ0) is 14.1. The standard InChI is InChI=1S/C17H30N2/c1-15(2)14-18-11-13-19(4)12-5-6-17-9-7-16(3)8-10-17/h7-10,15,18H,5-6,11-14H2,1-4H3. The Morgan fingerprint density at radius 1 is 1.11 bits per heavy atom. The third-order valence-corrected chi connectivity index (χ3v) is 3.35. The second-order valence-corrected chi connectivity index (χ2v) is 5.99. The van der Waals surface area contributed by atoms with Crippen LogP contribution in [0.4, 0.5) is 0 Å². The normalized spacial score (nSPS) is 11.5. The molecule has 0 heterocycles. The predicted octanol–water partition coefficient (Wildman–Crippen LogP) is 3.11. The van der Waals surface area contributed by atoms with Crippen LogP contribution in [0.2, 0.25) is 0 Å². The van der Waals surface area contributed by atoms with Gasteiger partial charge in [-0.15, -0.1) is 0 Å². The maximum absolute atomic E-state index is 3.49. The topological polar surface area (TPSA) is 15.3 Å². The van der Waals surface area contributed by atoms with Crippen molar-refractivity contribution in [1.82, 2.24) is 10.2 Å². The van der Waals surface area contributed by atoms with E-state index in [1.54, 1.807) is 0 Å². The van der Waals surface area contributed by atoms with Crippen LogP contribution in [-0.2, 0) is 6.42 Å². The second kappa shape index (κ2) is 9.11. The fraction of sp³-hybridized carbons (Fsp3) is 0.647. The van der Waals surface area contributed by atoms with Gasteiger partial charge in [-0.1, -0.05) is 43.7 Å². The van der Waals surface area contributed by atoms with Crippen molar-refractivity contribution in [2.75, 3.05) is 33.2 Å². The molecule has 1 aromatic rings. The molecule has 0 aliphatic carbocycles. The first-order valence-electron chi connectivity index (χ1n) is 7.52. The van der Waals surface area contributed by atoms with Gasteiger partial charge in [-0.3, -0.25) is 0 Å². The molecule has 1 aromatic carbocycles. The predicted molar refractivity (Wildman–Crippen MR) is 84.7 cm³/mol. The van der Waals surface area contributed by atoms with Crippen LogP contribution < -0.4 is 5.32 Å². The zero-order valence-corrected chi connectivity index (χ0v) is 13.1. The first-order valence-corrected chi connectivity index (χ1v) is 7.52. The summed E-state index contributed by atoms with van der Waals surface area (Å²) in [5, 5.41) is 3.49. The van der Waals surface area contributed by atoms with Gasteiger partial charge in [-0.05, 0) is 51.4 Å².